The standard InChI is InChI=1S/C13H18BrN/c1-10-6-7-11(13(14)8-10)9-15-12-4-2-3-5-12/h6-8,12,15H,2-5,9H2,1H3. The van der Waals surface area contributed by atoms with Crippen LogP contribution in [-0.2, 0) is 6.54 Å². The average molecular weight is 268 g/mol. The number of rotatable bonds is 3. The molecule has 0 atom stereocenters. The largest absolute Gasteiger partial charge is 0.310 e. The molecule has 0 aromatic heterocycles. The summed E-state index contributed by atoms with van der Waals surface area (Å²) < 4.78 is 1.23. The van der Waals surface area contributed by atoms with Gasteiger partial charge in [0.25, 0.3) is 0 Å². The Bertz CT molecular complexity index is 329. The van der Waals surface area contributed by atoms with Crippen molar-refractivity contribution in [2.24, 2.45) is 0 Å². The summed E-state index contributed by atoms with van der Waals surface area (Å²) in [7, 11) is 0. The van der Waals surface area contributed by atoms with E-state index in [9.17, 15) is 0 Å². The topological polar surface area (TPSA) is 12.0 Å². The van der Waals surface area contributed by atoms with Crippen molar-refractivity contribution in [1.29, 1.82) is 0 Å². The molecule has 0 radical (unpaired) electrons. The Morgan fingerprint density at radius 2 is 2.07 bits per heavy atom. The maximum absolute atomic E-state index is 3.63. The van der Waals surface area contributed by atoms with Crippen molar-refractivity contribution in [3.63, 3.8) is 0 Å². The quantitative estimate of drug-likeness (QED) is 0.879. The molecule has 1 nitrogen and oxygen atoms in total. The van der Waals surface area contributed by atoms with E-state index in [1.807, 2.05) is 0 Å². The van der Waals surface area contributed by atoms with Crippen LogP contribution in [-0.4, -0.2) is 6.04 Å². The molecule has 15 heavy (non-hydrogen) atoms. The summed E-state index contributed by atoms with van der Waals surface area (Å²) in [6, 6.07) is 7.32. The minimum atomic E-state index is 0.748. The first kappa shape index (κ1) is 11.2. The van der Waals surface area contributed by atoms with Gasteiger partial charge in [-0.3, -0.25) is 0 Å². The van der Waals surface area contributed by atoms with Gasteiger partial charge in [-0.25, -0.2) is 0 Å². The van der Waals surface area contributed by atoms with Crippen LogP contribution in [0.2, 0.25) is 0 Å². The molecule has 0 spiro atoms. The van der Waals surface area contributed by atoms with Crippen LogP contribution in [0, 0.1) is 6.92 Å². The fourth-order valence-corrected chi connectivity index (χ4v) is 2.81. The van der Waals surface area contributed by atoms with Crippen molar-refractivity contribution in [2.45, 2.75) is 45.2 Å². The van der Waals surface area contributed by atoms with E-state index in [4.69, 9.17) is 0 Å². The van der Waals surface area contributed by atoms with Gasteiger partial charge >= 0.3 is 0 Å². The summed E-state index contributed by atoms with van der Waals surface area (Å²) >= 11 is 3.62. The highest BCUT2D eigenvalue weighted by Gasteiger charge is 2.14. The molecule has 1 aromatic rings. The number of nitrogens with one attached hydrogen (secondary N) is 1. The minimum Gasteiger partial charge on any atom is -0.310 e. The lowest BCUT2D eigenvalue weighted by Gasteiger charge is -2.13. The van der Waals surface area contributed by atoms with Gasteiger partial charge in [-0.2, -0.15) is 0 Å². The van der Waals surface area contributed by atoms with Crippen LogP contribution < -0.4 is 5.32 Å². The highest BCUT2D eigenvalue weighted by molar-refractivity contribution is 9.10. The summed E-state index contributed by atoms with van der Waals surface area (Å²) in [5, 5.41) is 3.63. The van der Waals surface area contributed by atoms with Gasteiger partial charge in [-0.15, -0.1) is 0 Å². The van der Waals surface area contributed by atoms with Crippen LogP contribution >= 0.6 is 15.9 Å². The molecule has 0 bridgehead atoms. The Hall–Kier alpha value is -0.340. The third kappa shape index (κ3) is 3.05. The van der Waals surface area contributed by atoms with E-state index in [0.717, 1.165) is 12.6 Å². The SMILES string of the molecule is Cc1ccc(CNC2CCCC2)c(Br)c1. The molecule has 0 amide bonds. The third-order valence-corrected chi connectivity index (χ3v) is 3.88. The maximum atomic E-state index is 3.63. The Morgan fingerprint density at radius 3 is 2.73 bits per heavy atom. The number of hydrogen-bond donors (Lipinski definition) is 1. The van der Waals surface area contributed by atoms with Crippen LogP contribution in [0.3, 0.4) is 0 Å². The predicted molar refractivity (Wildman–Crippen MR) is 68.0 cm³/mol. The molecule has 1 N–H and O–H groups in total. The van der Waals surface area contributed by atoms with Crippen LogP contribution in [0.5, 0.6) is 0 Å². The zero-order chi connectivity index (χ0) is 10.7. The van der Waals surface area contributed by atoms with Gasteiger partial charge in [0, 0.05) is 17.1 Å². The zero-order valence-electron chi connectivity index (χ0n) is 9.22. The van der Waals surface area contributed by atoms with Gasteiger partial charge in [-0.1, -0.05) is 40.9 Å². The van der Waals surface area contributed by atoms with E-state index in [1.165, 1.54) is 41.3 Å². The lowest BCUT2D eigenvalue weighted by atomic mass is 10.1. The summed E-state index contributed by atoms with van der Waals surface area (Å²) in [4.78, 5) is 0. The van der Waals surface area contributed by atoms with E-state index in [1.54, 1.807) is 0 Å². The van der Waals surface area contributed by atoms with Gasteiger partial charge in [0.15, 0.2) is 0 Å². The smallest absolute Gasteiger partial charge is 0.0222 e. The van der Waals surface area contributed by atoms with E-state index in [0.29, 0.717) is 0 Å². The minimum absolute atomic E-state index is 0.748. The molecule has 1 aliphatic rings. The summed E-state index contributed by atoms with van der Waals surface area (Å²) in [5.74, 6) is 0. The molecular formula is C13H18BrN. The molecule has 82 valence electrons. The molecule has 1 saturated carbocycles. The average Bonchev–Trinajstić information content (AvgIpc) is 2.69. The van der Waals surface area contributed by atoms with Crippen LogP contribution in [0.25, 0.3) is 0 Å². The first-order valence-corrected chi connectivity index (χ1v) is 6.53. The summed E-state index contributed by atoms with van der Waals surface area (Å²) in [6.07, 6.45) is 5.49. The third-order valence-electron chi connectivity index (χ3n) is 3.14. The first-order chi connectivity index (χ1) is 7.25. The molecule has 0 saturated heterocycles. The highest BCUT2D eigenvalue weighted by Crippen LogP contribution is 2.21. The first-order valence-electron chi connectivity index (χ1n) is 5.74. The zero-order valence-corrected chi connectivity index (χ0v) is 10.8. The van der Waals surface area contributed by atoms with Crippen molar-refractivity contribution in [3.05, 3.63) is 33.8 Å². The predicted octanol–water partition coefficient (Wildman–Crippen LogP) is 3.79. The van der Waals surface area contributed by atoms with Gasteiger partial charge in [0.2, 0.25) is 0 Å². The van der Waals surface area contributed by atoms with Gasteiger partial charge in [0.05, 0.1) is 0 Å². The van der Waals surface area contributed by atoms with E-state index in [2.05, 4.69) is 46.4 Å². The van der Waals surface area contributed by atoms with Gasteiger partial charge in [-0.05, 0) is 37.0 Å². The Kier molecular flexibility index (Phi) is 3.81. The second kappa shape index (κ2) is 5.13. The molecule has 0 heterocycles. The normalized spacial score (nSPS) is 17.2. The fraction of sp³-hybridized carbons (Fsp3) is 0.538. The Labute approximate surface area is 100 Å². The molecule has 0 unspecified atom stereocenters. The molecule has 2 rings (SSSR count). The van der Waals surface area contributed by atoms with E-state index in [-0.39, 0.29) is 0 Å². The molecule has 0 aliphatic heterocycles. The fourth-order valence-electron chi connectivity index (χ4n) is 2.18. The number of hydrogen-bond acceptors (Lipinski definition) is 1. The maximum Gasteiger partial charge on any atom is 0.0222 e. The van der Waals surface area contributed by atoms with Gasteiger partial charge < -0.3 is 5.32 Å². The Morgan fingerprint density at radius 1 is 1.33 bits per heavy atom. The lowest BCUT2D eigenvalue weighted by molar-refractivity contribution is 0.523. The number of benzene rings is 1. The van der Waals surface area contributed by atoms with Crippen molar-refractivity contribution < 1.29 is 0 Å². The van der Waals surface area contributed by atoms with E-state index < -0.39 is 0 Å². The van der Waals surface area contributed by atoms with Crippen molar-refractivity contribution in [2.75, 3.05) is 0 Å². The molecule has 1 aromatic carbocycles. The molecule has 1 aliphatic carbocycles. The van der Waals surface area contributed by atoms with E-state index >= 15 is 0 Å². The highest BCUT2D eigenvalue weighted by atomic mass is 79.9. The van der Waals surface area contributed by atoms with Crippen molar-refractivity contribution in [3.8, 4) is 0 Å². The summed E-state index contributed by atoms with van der Waals surface area (Å²) in [6.45, 7) is 3.12. The van der Waals surface area contributed by atoms with Crippen LogP contribution in [0.15, 0.2) is 22.7 Å². The second-order valence-corrected chi connectivity index (χ2v) is 5.31. The monoisotopic (exact) mass is 267 g/mol. The summed E-state index contributed by atoms with van der Waals surface area (Å²) in [5.41, 5.74) is 2.68. The lowest BCUT2D eigenvalue weighted by Crippen LogP contribution is -2.25. The second-order valence-electron chi connectivity index (χ2n) is 4.46. The number of halogens is 1. The number of aryl methyl sites for hydroxylation is 1. The molecular weight excluding hydrogens is 250 g/mol. The van der Waals surface area contributed by atoms with Crippen molar-refractivity contribution >= 4 is 15.9 Å². The molecule has 2 heteroatoms. The molecule has 1 fully saturated rings. The van der Waals surface area contributed by atoms with Gasteiger partial charge in [0.1, 0.15) is 0 Å². The van der Waals surface area contributed by atoms with Crippen LogP contribution in [0.1, 0.15) is 36.8 Å². The van der Waals surface area contributed by atoms with Crippen LogP contribution in [0.4, 0.5) is 0 Å². The van der Waals surface area contributed by atoms with Crippen molar-refractivity contribution in [1.82, 2.24) is 5.32 Å². The Balaban J connectivity index is 1.92.